The molecule has 2 aliphatic rings. The number of carbonyl (C=O) groups is 1. The number of nitrogens with two attached hydrogens (primary N) is 1. The summed E-state index contributed by atoms with van der Waals surface area (Å²) in [6.45, 7) is 2.57. The van der Waals surface area contributed by atoms with E-state index in [0.717, 1.165) is 12.2 Å². The van der Waals surface area contributed by atoms with Gasteiger partial charge in [-0.15, -0.1) is 0 Å². The van der Waals surface area contributed by atoms with Crippen molar-refractivity contribution in [2.45, 2.75) is 12.3 Å². The molecule has 1 aliphatic heterocycles. The van der Waals surface area contributed by atoms with Gasteiger partial charge in [-0.2, -0.15) is 4.98 Å². The van der Waals surface area contributed by atoms with E-state index in [1.165, 1.54) is 5.56 Å². The quantitative estimate of drug-likeness (QED) is 0.595. The molecule has 1 saturated carbocycles. The maximum atomic E-state index is 13.1. The van der Waals surface area contributed by atoms with Crippen LogP contribution in [-0.2, 0) is 4.79 Å². The summed E-state index contributed by atoms with van der Waals surface area (Å²) in [6, 6.07) is 11.6. The van der Waals surface area contributed by atoms with Crippen LogP contribution in [0.1, 0.15) is 17.9 Å². The standard InChI is InChI=1S/C25H29N5O4/c1-32-16-6-4-5-15(11-16)17-12-18(17)24(31)29-7-9-30(10-8-29)25-27-20-14-22(34-3)21(33-2)13-19(20)23(26)28-25/h4-6,11,13-14,17-18H,7-10,12H2,1-3H3,(H2,26,27,28)/t17-,18-/m1/s1. The molecule has 34 heavy (non-hydrogen) atoms. The van der Waals surface area contributed by atoms with E-state index in [4.69, 9.17) is 24.9 Å². The molecule has 5 rings (SSSR count). The molecule has 2 fully saturated rings. The molecule has 2 atom stereocenters. The molecule has 1 aliphatic carbocycles. The number of carbonyl (C=O) groups excluding carboxylic acids is 1. The summed E-state index contributed by atoms with van der Waals surface area (Å²) in [4.78, 5) is 26.4. The Kier molecular flexibility index (Phi) is 5.77. The zero-order chi connectivity index (χ0) is 23.8. The Morgan fingerprint density at radius 3 is 2.41 bits per heavy atom. The number of methoxy groups -OCH3 is 3. The monoisotopic (exact) mass is 463 g/mol. The lowest BCUT2D eigenvalue weighted by molar-refractivity contribution is -0.133. The molecule has 2 N–H and O–H groups in total. The second kappa shape index (κ2) is 8.89. The molecule has 1 amide bonds. The van der Waals surface area contributed by atoms with Crippen molar-refractivity contribution in [2.24, 2.45) is 5.92 Å². The minimum Gasteiger partial charge on any atom is -0.497 e. The van der Waals surface area contributed by atoms with E-state index < -0.39 is 0 Å². The van der Waals surface area contributed by atoms with Crippen molar-refractivity contribution < 1.29 is 19.0 Å². The van der Waals surface area contributed by atoms with Crippen LogP contribution in [0.2, 0.25) is 0 Å². The number of nitrogens with zero attached hydrogens (tertiary/aromatic N) is 4. The highest BCUT2D eigenvalue weighted by Crippen LogP contribution is 2.49. The zero-order valence-electron chi connectivity index (χ0n) is 19.7. The molecular weight excluding hydrogens is 434 g/mol. The van der Waals surface area contributed by atoms with Crippen LogP contribution >= 0.6 is 0 Å². The third kappa shape index (κ3) is 4.02. The smallest absolute Gasteiger partial charge is 0.228 e. The Morgan fingerprint density at radius 1 is 0.971 bits per heavy atom. The Morgan fingerprint density at radius 2 is 1.71 bits per heavy atom. The van der Waals surface area contributed by atoms with Gasteiger partial charge >= 0.3 is 0 Å². The molecule has 9 nitrogen and oxygen atoms in total. The Balaban J connectivity index is 1.26. The second-order valence-corrected chi connectivity index (χ2v) is 8.67. The average molecular weight is 464 g/mol. The molecule has 0 bridgehead atoms. The van der Waals surface area contributed by atoms with E-state index in [1.807, 2.05) is 23.1 Å². The normalized spacial score (nSPS) is 19.7. The number of fused-ring (bicyclic) bond motifs is 1. The van der Waals surface area contributed by atoms with Crippen LogP contribution in [0.4, 0.5) is 11.8 Å². The van der Waals surface area contributed by atoms with Gasteiger partial charge in [0, 0.05) is 43.5 Å². The SMILES string of the molecule is COc1cccc([C@H]2C[C@H]2C(=O)N2CCN(c3nc(N)c4cc(OC)c(OC)cc4n3)CC2)c1. The van der Waals surface area contributed by atoms with Gasteiger partial charge in [0.2, 0.25) is 11.9 Å². The minimum absolute atomic E-state index is 0.0497. The van der Waals surface area contributed by atoms with E-state index >= 15 is 0 Å². The first-order chi connectivity index (χ1) is 16.5. The van der Waals surface area contributed by atoms with Gasteiger partial charge in [-0.1, -0.05) is 12.1 Å². The van der Waals surface area contributed by atoms with Gasteiger partial charge in [0.25, 0.3) is 0 Å². The topological polar surface area (TPSA) is 103 Å². The molecule has 0 radical (unpaired) electrons. The number of hydrogen-bond acceptors (Lipinski definition) is 8. The lowest BCUT2D eigenvalue weighted by atomic mass is 10.1. The number of piperazine rings is 1. The summed E-state index contributed by atoms with van der Waals surface area (Å²) in [6.07, 6.45) is 0.891. The molecular formula is C25H29N5O4. The van der Waals surface area contributed by atoms with E-state index in [1.54, 1.807) is 33.5 Å². The highest BCUT2D eigenvalue weighted by Gasteiger charge is 2.46. The van der Waals surface area contributed by atoms with E-state index in [0.29, 0.717) is 60.3 Å². The van der Waals surface area contributed by atoms with Crippen molar-refractivity contribution in [1.29, 1.82) is 0 Å². The fourth-order valence-corrected chi connectivity index (χ4v) is 4.68. The number of benzene rings is 2. The summed E-state index contributed by atoms with van der Waals surface area (Å²) in [7, 11) is 4.83. The number of hydrogen-bond donors (Lipinski definition) is 1. The van der Waals surface area contributed by atoms with Crippen LogP contribution in [0, 0.1) is 5.92 Å². The fourth-order valence-electron chi connectivity index (χ4n) is 4.68. The Bertz CT molecular complexity index is 1230. The molecule has 9 heteroatoms. The third-order valence-electron chi connectivity index (χ3n) is 6.72. The van der Waals surface area contributed by atoms with Crippen LogP contribution in [0.3, 0.4) is 0 Å². The van der Waals surface area contributed by atoms with Crippen LogP contribution in [0.5, 0.6) is 17.2 Å². The lowest BCUT2D eigenvalue weighted by Crippen LogP contribution is -2.49. The second-order valence-electron chi connectivity index (χ2n) is 8.67. The van der Waals surface area contributed by atoms with Gasteiger partial charge in [-0.3, -0.25) is 4.79 Å². The third-order valence-corrected chi connectivity index (χ3v) is 6.72. The number of anilines is 2. The highest BCUT2D eigenvalue weighted by atomic mass is 16.5. The van der Waals surface area contributed by atoms with Crippen molar-refractivity contribution in [3.05, 3.63) is 42.0 Å². The maximum Gasteiger partial charge on any atom is 0.228 e. The van der Waals surface area contributed by atoms with Gasteiger partial charge in [-0.05, 0) is 36.1 Å². The van der Waals surface area contributed by atoms with Gasteiger partial charge in [0.15, 0.2) is 11.5 Å². The summed E-state index contributed by atoms with van der Waals surface area (Å²) in [5.74, 6) is 3.49. The zero-order valence-corrected chi connectivity index (χ0v) is 19.7. The van der Waals surface area contributed by atoms with E-state index in [-0.39, 0.29) is 17.7 Å². The van der Waals surface area contributed by atoms with Gasteiger partial charge in [-0.25, -0.2) is 4.98 Å². The predicted molar refractivity (Wildman–Crippen MR) is 130 cm³/mol. The first kappa shape index (κ1) is 22.1. The fraction of sp³-hybridized carbons (Fsp3) is 0.400. The summed E-state index contributed by atoms with van der Waals surface area (Å²) < 4.78 is 16.1. The van der Waals surface area contributed by atoms with Crippen LogP contribution in [0.15, 0.2) is 36.4 Å². The van der Waals surface area contributed by atoms with E-state index in [2.05, 4.69) is 16.0 Å². The molecule has 3 aromatic rings. The van der Waals surface area contributed by atoms with Gasteiger partial charge < -0.3 is 29.7 Å². The van der Waals surface area contributed by atoms with Crippen LogP contribution in [-0.4, -0.2) is 68.3 Å². The number of amides is 1. The molecule has 2 aromatic carbocycles. The summed E-state index contributed by atoms with van der Waals surface area (Å²) in [5, 5.41) is 0.715. The van der Waals surface area contributed by atoms with Crippen molar-refractivity contribution in [3.63, 3.8) is 0 Å². The highest BCUT2D eigenvalue weighted by molar-refractivity contribution is 5.91. The maximum absolute atomic E-state index is 13.1. The molecule has 2 heterocycles. The van der Waals surface area contributed by atoms with Crippen molar-refractivity contribution >= 4 is 28.6 Å². The predicted octanol–water partition coefficient (Wildman–Crippen LogP) is 2.69. The minimum atomic E-state index is 0.0497. The van der Waals surface area contributed by atoms with Gasteiger partial charge in [0.05, 0.1) is 26.8 Å². The summed E-state index contributed by atoms with van der Waals surface area (Å²) in [5.41, 5.74) is 8.11. The van der Waals surface area contributed by atoms with Crippen molar-refractivity contribution in [3.8, 4) is 17.2 Å². The molecule has 1 saturated heterocycles. The first-order valence-corrected chi connectivity index (χ1v) is 11.4. The van der Waals surface area contributed by atoms with E-state index in [9.17, 15) is 4.79 Å². The average Bonchev–Trinajstić information content (AvgIpc) is 3.68. The Hall–Kier alpha value is -3.75. The first-order valence-electron chi connectivity index (χ1n) is 11.4. The van der Waals surface area contributed by atoms with Crippen LogP contribution < -0.4 is 24.8 Å². The number of rotatable bonds is 6. The number of aromatic nitrogens is 2. The van der Waals surface area contributed by atoms with Crippen LogP contribution in [0.25, 0.3) is 10.9 Å². The molecule has 178 valence electrons. The number of ether oxygens (including phenoxy) is 3. The lowest BCUT2D eigenvalue weighted by Gasteiger charge is -2.35. The largest absolute Gasteiger partial charge is 0.497 e. The molecule has 1 aromatic heterocycles. The van der Waals surface area contributed by atoms with Crippen molar-refractivity contribution in [1.82, 2.24) is 14.9 Å². The summed E-state index contributed by atoms with van der Waals surface area (Å²) >= 11 is 0. The van der Waals surface area contributed by atoms with Crippen molar-refractivity contribution in [2.75, 3.05) is 58.1 Å². The Labute approximate surface area is 198 Å². The molecule has 0 unspecified atom stereocenters. The number of nitrogen functional groups attached to an aromatic ring is 1. The molecule has 0 spiro atoms. The van der Waals surface area contributed by atoms with Gasteiger partial charge in [0.1, 0.15) is 11.6 Å².